The van der Waals surface area contributed by atoms with Crippen LogP contribution in [0, 0.1) is 23.2 Å². The summed E-state index contributed by atoms with van der Waals surface area (Å²) in [5, 5.41) is 11.8. The third kappa shape index (κ3) is 4.80. The van der Waals surface area contributed by atoms with Gasteiger partial charge in [-0.05, 0) is 32.2 Å². The zero-order chi connectivity index (χ0) is 11.3. The van der Waals surface area contributed by atoms with Crippen LogP contribution in [0.5, 0.6) is 0 Å². The van der Waals surface area contributed by atoms with Crippen molar-refractivity contribution in [1.82, 2.24) is 10.2 Å². The maximum Gasteiger partial charge on any atom is 0.236 e. The Balaban J connectivity index is 2.11. The quantitative estimate of drug-likeness (QED) is 0.697. The van der Waals surface area contributed by atoms with Crippen LogP contribution in [0.1, 0.15) is 19.8 Å². The van der Waals surface area contributed by atoms with Crippen molar-refractivity contribution in [3.8, 4) is 6.07 Å². The predicted molar refractivity (Wildman–Crippen MR) is 58.0 cm³/mol. The summed E-state index contributed by atoms with van der Waals surface area (Å²) in [5.41, 5.74) is 0. The molecule has 4 heteroatoms. The minimum atomic E-state index is -0.0950. The van der Waals surface area contributed by atoms with E-state index < -0.39 is 0 Å². The van der Waals surface area contributed by atoms with Crippen molar-refractivity contribution in [2.45, 2.75) is 19.8 Å². The lowest BCUT2D eigenvalue weighted by Crippen LogP contribution is -2.38. The minimum Gasteiger partial charge on any atom is -0.343 e. The topological polar surface area (TPSA) is 56.1 Å². The third-order valence-corrected chi connectivity index (χ3v) is 2.60. The van der Waals surface area contributed by atoms with E-state index in [-0.39, 0.29) is 11.8 Å². The molecule has 1 atom stereocenters. The minimum absolute atomic E-state index is 0.0674. The van der Waals surface area contributed by atoms with Crippen LogP contribution < -0.4 is 5.32 Å². The molecular weight excluding hydrogens is 190 g/mol. The van der Waals surface area contributed by atoms with Crippen LogP contribution in [0.4, 0.5) is 0 Å². The lowest BCUT2D eigenvalue weighted by molar-refractivity contribution is -0.129. The van der Waals surface area contributed by atoms with Crippen LogP contribution >= 0.6 is 0 Å². The van der Waals surface area contributed by atoms with Crippen LogP contribution in [0.25, 0.3) is 0 Å². The summed E-state index contributed by atoms with van der Waals surface area (Å²) < 4.78 is 0. The van der Waals surface area contributed by atoms with Gasteiger partial charge in [-0.2, -0.15) is 5.26 Å². The van der Waals surface area contributed by atoms with Gasteiger partial charge in [-0.15, -0.1) is 0 Å². The molecule has 1 aliphatic carbocycles. The normalized spacial score (nSPS) is 16.9. The molecule has 1 amide bonds. The third-order valence-electron chi connectivity index (χ3n) is 2.60. The number of hydrogen-bond donors (Lipinski definition) is 1. The molecule has 0 aromatic heterocycles. The van der Waals surface area contributed by atoms with Gasteiger partial charge in [-0.1, -0.05) is 0 Å². The van der Waals surface area contributed by atoms with Gasteiger partial charge in [0.05, 0.1) is 18.5 Å². The molecule has 0 aliphatic heterocycles. The fourth-order valence-corrected chi connectivity index (χ4v) is 1.39. The lowest BCUT2D eigenvalue weighted by atomic mass is 10.2. The van der Waals surface area contributed by atoms with Crippen molar-refractivity contribution in [2.75, 3.05) is 26.7 Å². The highest BCUT2D eigenvalue weighted by Crippen LogP contribution is 2.27. The summed E-state index contributed by atoms with van der Waals surface area (Å²) in [6.07, 6.45) is 2.59. The highest BCUT2D eigenvalue weighted by Gasteiger charge is 2.21. The molecule has 0 bridgehead atoms. The van der Waals surface area contributed by atoms with E-state index in [0.717, 1.165) is 12.5 Å². The Kier molecular flexibility index (Phi) is 4.57. The maximum absolute atomic E-state index is 11.6. The van der Waals surface area contributed by atoms with E-state index in [2.05, 4.69) is 11.4 Å². The molecule has 0 heterocycles. The monoisotopic (exact) mass is 209 g/mol. The molecule has 1 aliphatic rings. The van der Waals surface area contributed by atoms with Gasteiger partial charge in [0.25, 0.3) is 0 Å². The van der Waals surface area contributed by atoms with Crippen LogP contribution in [0.15, 0.2) is 0 Å². The van der Waals surface area contributed by atoms with Gasteiger partial charge in [-0.3, -0.25) is 4.79 Å². The second-order valence-electron chi connectivity index (χ2n) is 4.38. The highest BCUT2D eigenvalue weighted by molar-refractivity contribution is 5.77. The molecule has 0 radical (unpaired) electrons. The fourth-order valence-electron chi connectivity index (χ4n) is 1.39. The van der Waals surface area contributed by atoms with Crippen LogP contribution in [-0.2, 0) is 4.79 Å². The number of likely N-dealkylation sites (N-methyl/N-ethyl adjacent to an activating group) is 1. The molecule has 1 fully saturated rings. The smallest absolute Gasteiger partial charge is 0.236 e. The number of nitrogens with one attached hydrogen (secondary N) is 1. The van der Waals surface area contributed by atoms with Gasteiger partial charge in [0, 0.05) is 13.6 Å². The average Bonchev–Trinajstić information content (AvgIpc) is 3.01. The van der Waals surface area contributed by atoms with Crippen LogP contribution in [0.3, 0.4) is 0 Å². The van der Waals surface area contributed by atoms with Gasteiger partial charge in [0.1, 0.15) is 0 Å². The number of carbonyl (C=O) groups excluding carboxylic acids is 1. The van der Waals surface area contributed by atoms with Crippen molar-refractivity contribution in [2.24, 2.45) is 11.8 Å². The Labute approximate surface area is 91.2 Å². The molecule has 0 aromatic rings. The number of amides is 1. The molecule has 4 nitrogen and oxygen atoms in total. The maximum atomic E-state index is 11.6. The van der Waals surface area contributed by atoms with Gasteiger partial charge in [0.15, 0.2) is 0 Å². The Bertz CT molecular complexity index is 255. The van der Waals surface area contributed by atoms with Crippen LogP contribution in [-0.4, -0.2) is 37.5 Å². The Hall–Kier alpha value is -1.08. The largest absolute Gasteiger partial charge is 0.343 e. The van der Waals surface area contributed by atoms with E-state index in [1.54, 1.807) is 11.9 Å². The number of hydrogen-bond acceptors (Lipinski definition) is 3. The Morgan fingerprint density at radius 2 is 2.33 bits per heavy atom. The average molecular weight is 209 g/mol. The number of carbonyl (C=O) groups is 1. The molecule has 0 aromatic carbocycles. The van der Waals surface area contributed by atoms with Gasteiger partial charge >= 0.3 is 0 Å². The lowest BCUT2D eigenvalue weighted by Gasteiger charge is -2.18. The zero-order valence-electron chi connectivity index (χ0n) is 9.49. The number of nitrogens with zero attached hydrogens (tertiary/aromatic N) is 2. The summed E-state index contributed by atoms with van der Waals surface area (Å²) in [4.78, 5) is 13.2. The SMILES string of the molecule is CC(C#N)CN(C)C(=O)CNCC1CC1. The van der Waals surface area contributed by atoms with Crippen molar-refractivity contribution < 1.29 is 4.79 Å². The molecule has 1 N–H and O–H groups in total. The summed E-state index contributed by atoms with van der Waals surface area (Å²) in [6.45, 7) is 3.68. The first-order valence-corrected chi connectivity index (χ1v) is 5.47. The summed E-state index contributed by atoms with van der Waals surface area (Å²) in [6, 6.07) is 2.12. The van der Waals surface area contributed by atoms with Crippen molar-refractivity contribution in [3.63, 3.8) is 0 Å². The molecule has 1 unspecified atom stereocenters. The molecule has 1 rings (SSSR count). The first kappa shape index (κ1) is 12.0. The second kappa shape index (κ2) is 5.72. The highest BCUT2D eigenvalue weighted by atomic mass is 16.2. The summed E-state index contributed by atoms with van der Waals surface area (Å²) >= 11 is 0. The van der Waals surface area contributed by atoms with Crippen LogP contribution in [0.2, 0.25) is 0 Å². The standard InChI is InChI=1S/C11H19N3O/c1-9(5-12)8-14(2)11(15)7-13-6-10-3-4-10/h9-10,13H,3-4,6-8H2,1-2H3. The van der Waals surface area contributed by atoms with E-state index in [1.165, 1.54) is 12.8 Å². The predicted octanol–water partition coefficient (Wildman–Crippen LogP) is 0.604. The molecule has 84 valence electrons. The van der Waals surface area contributed by atoms with E-state index in [4.69, 9.17) is 5.26 Å². The zero-order valence-corrected chi connectivity index (χ0v) is 9.49. The van der Waals surface area contributed by atoms with Gasteiger partial charge in [-0.25, -0.2) is 0 Å². The van der Waals surface area contributed by atoms with E-state index in [1.807, 2.05) is 6.92 Å². The van der Waals surface area contributed by atoms with E-state index in [9.17, 15) is 4.79 Å². The molecular formula is C11H19N3O. The Morgan fingerprint density at radius 1 is 1.67 bits per heavy atom. The molecule has 15 heavy (non-hydrogen) atoms. The second-order valence-corrected chi connectivity index (χ2v) is 4.38. The van der Waals surface area contributed by atoms with E-state index >= 15 is 0 Å². The molecule has 0 spiro atoms. The first-order valence-electron chi connectivity index (χ1n) is 5.47. The van der Waals surface area contributed by atoms with Crippen molar-refractivity contribution >= 4 is 5.91 Å². The van der Waals surface area contributed by atoms with Crippen molar-refractivity contribution in [3.05, 3.63) is 0 Å². The van der Waals surface area contributed by atoms with Crippen molar-refractivity contribution in [1.29, 1.82) is 5.26 Å². The molecule has 0 saturated heterocycles. The summed E-state index contributed by atoms with van der Waals surface area (Å²) in [7, 11) is 1.75. The van der Waals surface area contributed by atoms with E-state index in [0.29, 0.717) is 13.1 Å². The Morgan fingerprint density at radius 3 is 2.87 bits per heavy atom. The number of nitriles is 1. The van der Waals surface area contributed by atoms with Gasteiger partial charge in [0.2, 0.25) is 5.91 Å². The fraction of sp³-hybridized carbons (Fsp3) is 0.818. The molecule has 1 saturated carbocycles. The first-order chi connectivity index (χ1) is 7.13. The summed E-state index contributed by atoms with van der Waals surface area (Å²) in [5.74, 6) is 0.765. The number of rotatable bonds is 6. The van der Waals surface area contributed by atoms with Gasteiger partial charge < -0.3 is 10.2 Å².